The summed E-state index contributed by atoms with van der Waals surface area (Å²) in [5, 5.41) is 1.01. The van der Waals surface area contributed by atoms with Crippen molar-refractivity contribution in [3.05, 3.63) is 32.8 Å². The quantitative estimate of drug-likeness (QED) is 0.843. The Morgan fingerprint density at radius 1 is 1.19 bits per heavy atom. The first-order chi connectivity index (χ1) is 7.65. The van der Waals surface area contributed by atoms with E-state index in [0.29, 0.717) is 5.92 Å². The van der Waals surface area contributed by atoms with E-state index >= 15 is 0 Å². The number of hydrogen-bond donors (Lipinski definition) is 1. The average molecular weight is 342 g/mol. The lowest BCUT2D eigenvalue weighted by Crippen LogP contribution is -1.95. The minimum atomic E-state index is 0.627. The zero-order valence-corrected chi connectivity index (χ0v) is 11.7. The minimum absolute atomic E-state index is 0.627. The SMILES string of the molecule is Nc1cc(C2CC2)nc2c(Br)cc(Br)cc12. The van der Waals surface area contributed by atoms with Crippen LogP contribution in [-0.4, -0.2) is 4.98 Å². The number of nitrogens with zero attached hydrogens (tertiary/aromatic N) is 1. The molecule has 0 bridgehead atoms. The van der Waals surface area contributed by atoms with Crippen LogP contribution >= 0.6 is 31.9 Å². The predicted octanol–water partition coefficient (Wildman–Crippen LogP) is 4.22. The van der Waals surface area contributed by atoms with E-state index in [1.54, 1.807) is 0 Å². The number of fused-ring (bicyclic) bond motifs is 1. The van der Waals surface area contributed by atoms with Crippen LogP contribution in [0.2, 0.25) is 0 Å². The van der Waals surface area contributed by atoms with Crippen molar-refractivity contribution in [3.63, 3.8) is 0 Å². The molecule has 0 amide bonds. The monoisotopic (exact) mass is 340 g/mol. The van der Waals surface area contributed by atoms with Crippen molar-refractivity contribution < 1.29 is 0 Å². The molecule has 1 aromatic heterocycles. The molecule has 1 aliphatic carbocycles. The first-order valence-corrected chi connectivity index (χ1v) is 6.79. The topological polar surface area (TPSA) is 38.9 Å². The summed E-state index contributed by atoms with van der Waals surface area (Å²) >= 11 is 7.00. The van der Waals surface area contributed by atoms with Gasteiger partial charge >= 0.3 is 0 Å². The van der Waals surface area contributed by atoms with Crippen LogP contribution in [0.25, 0.3) is 10.9 Å². The molecule has 2 aromatic rings. The van der Waals surface area contributed by atoms with E-state index in [4.69, 9.17) is 10.7 Å². The molecule has 16 heavy (non-hydrogen) atoms. The molecule has 1 aliphatic rings. The average Bonchev–Trinajstić information content (AvgIpc) is 3.02. The van der Waals surface area contributed by atoms with Crippen molar-refractivity contribution in [1.82, 2.24) is 4.98 Å². The predicted molar refractivity (Wildman–Crippen MR) is 73.5 cm³/mol. The van der Waals surface area contributed by atoms with Crippen molar-refractivity contribution >= 4 is 48.5 Å². The van der Waals surface area contributed by atoms with Gasteiger partial charge in [-0.15, -0.1) is 0 Å². The molecule has 0 aliphatic heterocycles. The third kappa shape index (κ3) is 1.74. The van der Waals surface area contributed by atoms with Gasteiger partial charge in [-0.2, -0.15) is 0 Å². The van der Waals surface area contributed by atoms with Crippen LogP contribution in [0, 0.1) is 0 Å². The lowest BCUT2D eigenvalue weighted by Gasteiger charge is -2.07. The Balaban J connectivity index is 2.32. The van der Waals surface area contributed by atoms with Gasteiger partial charge in [0.15, 0.2) is 0 Å². The molecular weight excluding hydrogens is 332 g/mol. The van der Waals surface area contributed by atoms with Gasteiger partial charge in [0, 0.05) is 31.6 Å². The summed E-state index contributed by atoms with van der Waals surface area (Å²) in [5.74, 6) is 0.627. The summed E-state index contributed by atoms with van der Waals surface area (Å²) in [6.07, 6.45) is 2.48. The molecule has 0 radical (unpaired) electrons. The summed E-state index contributed by atoms with van der Waals surface area (Å²) in [6, 6.07) is 6.03. The molecule has 1 saturated carbocycles. The van der Waals surface area contributed by atoms with Crippen LogP contribution in [0.5, 0.6) is 0 Å². The third-order valence-corrected chi connectivity index (χ3v) is 3.94. The van der Waals surface area contributed by atoms with E-state index in [1.807, 2.05) is 18.2 Å². The molecule has 0 unspecified atom stereocenters. The van der Waals surface area contributed by atoms with Crippen molar-refractivity contribution in [2.45, 2.75) is 18.8 Å². The summed E-state index contributed by atoms with van der Waals surface area (Å²) < 4.78 is 2.01. The normalized spacial score (nSPS) is 15.6. The van der Waals surface area contributed by atoms with Crippen molar-refractivity contribution in [3.8, 4) is 0 Å². The maximum absolute atomic E-state index is 6.08. The van der Waals surface area contributed by atoms with Gasteiger partial charge in [-0.25, -0.2) is 0 Å². The number of halogens is 2. The zero-order valence-electron chi connectivity index (χ0n) is 8.50. The second-order valence-corrected chi connectivity index (χ2v) is 5.96. The summed E-state index contributed by atoms with van der Waals surface area (Å²) in [5.41, 5.74) is 8.99. The maximum atomic E-state index is 6.08. The van der Waals surface area contributed by atoms with Crippen LogP contribution < -0.4 is 5.73 Å². The third-order valence-electron chi connectivity index (χ3n) is 2.88. The van der Waals surface area contributed by atoms with E-state index in [2.05, 4.69) is 31.9 Å². The fraction of sp³-hybridized carbons (Fsp3) is 0.250. The Bertz CT molecular complexity index is 577. The Morgan fingerprint density at radius 2 is 1.94 bits per heavy atom. The van der Waals surface area contributed by atoms with Gasteiger partial charge in [0.05, 0.1) is 5.52 Å². The molecule has 2 nitrogen and oxygen atoms in total. The van der Waals surface area contributed by atoms with E-state index in [0.717, 1.165) is 31.2 Å². The second-order valence-electron chi connectivity index (χ2n) is 4.19. The van der Waals surface area contributed by atoms with Gasteiger partial charge in [0.1, 0.15) is 0 Å². The Morgan fingerprint density at radius 3 is 2.62 bits per heavy atom. The summed E-state index contributed by atoms with van der Waals surface area (Å²) in [4.78, 5) is 4.69. The van der Waals surface area contributed by atoms with Crippen LogP contribution in [0.3, 0.4) is 0 Å². The first-order valence-electron chi connectivity index (χ1n) is 5.20. The highest BCUT2D eigenvalue weighted by molar-refractivity contribution is 9.11. The molecule has 2 N–H and O–H groups in total. The lowest BCUT2D eigenvalue weighted by atomic mass is 10.1. The fourth-order valence-electron chi connectivity index (χ4n) is 1.89. The van der Waals surface area contributed by atoms with Gasteiger partial charge in [-0.3, -0.25) is 4.98 Å². The molecule has 0 saturated heterocycles. The molecule has 3 rings (SSSR count). The van der Waals surface area contributed by atoms with E-state index in [-0.39, 0.29) is 0 Å². The molecule has 0 atom stereocenters. The molecule has 1 fully saturated rings. The maximum Gasteiger partial charge on any atom is 0.0868 e. The standard InChI is InChI=1S/C12H10Br2N2/c13-7-3-8-10(15)5-11(6-1-2-6)16-12(8)9(14)4-7/h3-6H,1-2H2,(H2,15,16). The van der Waals surface area contributed by atoms with Gasteiger partial charge in [0.2, 0.25) is 0 Å². The lowest BCUT2D eigenvalue weighted by molar-refractivity contribution is 1.04. The summed E-state index contributed by atoms with van der Waals surface area (Å²) in [7, 11) is 0. The number of benzene rings is 1. The Kier molecular flexibility index (Phi) is 2.44. The Hall–Kier alpha value is -0.610. The van der Waals surface area contributed by atoms with Crippen molar-refractivity contribution in [2.24, 2.45) is 0 Å². The molecule has 82 valence electrons. The number of pyridine rings is 1. The molecular formula is C12H10Br2N2. The minimum Gasteiger partial charge on any atom is -0.398 e. The molecule has 1 heterocycles. The number of nitrogens with two attached hydrogens (primary N) is 1. The van der Waals surface area contributed by atoms with Gasteiger partial charge in [-0.1, -0.05) is 15.9 Å². The molecule has 4 heteroatoms. The largest absolute Gasteiger partial charge is 0.398 e. The van der Waals surface area contributed by atoms with Crippen LogP contribution in [0.15, 0.2) is 27.1 Å². The van der Waals surface area contributed by atoms with Gasteiger partial charge in [0.25, 0.3) is 0 Å². The molecule has 1 aromatic carbocycles. The van der Waals surface area contributed by atoms with Gasteiger partial charge < -0.3 is 5.73 Å². The smallest absolute Gasteiger partial charge is 0.0868 e. The van der Waals surface area contributed by atoms with Crippen LogP contribution in [0.4, 0.5) is 5.69 Å². The highest BCUT2D eigenvalue weighted by atomic mass is 79.9. The zero-order chi connectivity index (χ0) is 11.3. The molecule has 0 spiro atoms. The van der Waals surface area contributed by atoms with Crippen LogP contribution in [0.1, 0.15) is 24.5 Å². The highest BCUT2D eigenvalue weighted by Crippen LogP contribution is 2.41. The highest BCUT2D eigenvalue weighted by Gasteiger charge is 2.26. The number of anilines is 1. The van der Waals surface area contributed by atoms with E-state index in [1.165, 1.54) is 12.8 Å². The Labute approximate surface area is 110 Å². The first kappa shape index (κ1) is 10.5. The number of nitrogen functional groups attached to an aromatic ring is 1. The van der Waals surface area contributed by atoms with Gasteiger partial charge in [-0.05, 0) is 47.0 Å². The number of rotatable bonds is 1. The van der Waals surface area contributed by atoms with Crippen LogP contribution in [-0.2, 0) is 0 Å². The number of hydrogen-bond acceptors (Lipinski definition) is 2. The van der Waals surface area contributed by atoms with Crippen molar-refractivity contribution in [2.75, 3.05) is 5.73 Å². The summed E-state index contributed by atoms with van der Waals surface area (Å²) in [6.45, 7) is 0. The van der Waals surface area contributed by atoms with E-state index < -0.39 is 0 Å². The fourth-order valence-corrected chi connectivity index (χ4v) is 3.20. The van der Waals surface area contributed by atoms with Crippen molar-refractivity contribution in [1.29, 1.82) is 0 Å². The second kappa shape index (κ2) is 3.70. The number of aromatic nitrogens is 1. The van der Waals surface area contributed by atoms with E-state index in [9.17, 15) is 0 Å².